The van der Waals surface area contributed by atoms with E-state index in [1.807, 2.05) is 84.9 Å². The summed E-state index contributed by atoms with van der Waals surface area (Å²) in [5.41, 5.74) is 5.78. The predicted octanol–water partition coefficient (Wildman–Crippen LogP) is 5.28. The van der Waals surface area contributed by atoms with Crippen LogP contribution < -0.4 is 0 Å². The first-order valence-corrected chi connectivity index (χ1v) is 16.0. The molecule has 0 radical (unpaired) electrons. The molecule has 1 aliphatic carbocycles. The Morgan fingerprint density at radius 3 is 1.52 bits per heavy atom. The predicted molar refractivity (Wildman–Crippen MR) is 195 cm³/mol. The summed E-state index contributed by atoms with van der Waals surface area (Å²) in [5, 5.41) is 0. The minimum atomic E-state index is -1.14. The van der Waals surface area contributed by atoms with Crippen molar-refractivity contribution < 1.29 is 4.79 Å². The maximum Gasteiger partial charge on any atom is 0.193 e. The average molecular weight is 679 g/mol. The number of ketones is 1. The van der Waals surface area contributed by atoms with Crippen molar-refractivity contribution in [3.63, 3.8) is 0 Å². The van der Waals surface area contributed by atoms with E-state index >= 15 is 0 Å². The van der Waals surface area contributed by atoms with Crippen LogP contribution in [0.15, 0.2) is 138 Å². The third kappa shape index (κ3) is 5.42. The molecule has 7 aromatic rings. The summed E-state index contributed by atoms with van der Waals surface area (Å²) in [6, 6.07) is 27.3. The Balaban J connectivity index is 1.56. The maximum absolute atomic E-state index is 14.3. The Morgan fingerprint density at radius 2 is 1.06 bits per heavy atom. The highest BCUT2D eigenvalue weighted by Gasteiger charge is 2.47. The topological polar surface area (TPSA) is 170 Å². The first kappa shape index (κ1) is 31.8. The average Bonchev–Trinajstić information content (AvgIpc) is 3.22. The van der Waals surface area contributed by atoms with E-state index < -0.39 is 5.41 Å². The number of nitrogens with zero attached hydrogens (tertiary/aromatic N) is 12. The van der Waals surface area contributed by atoms with Gasteiger partial charge in [0.05, 0.1) is 5.41 Å². The number of hydrogen-bond acceptors (Lipinski definition) is 11. The van der Waals surface area contributed by atoms with Gasteiger partial charge in [-0.15, -0.1) is 0 Å². The number of carbonyl (C=O) groups excluding carboxylic acids is 1. The summed E-state index contributed by atoms with van der Waals surface area (Å²) in [7, 11) is 1.66. The fourth-order valence-electron chi connectivity index (χ4n) is 6.82. The Morgan fingerprint density at radius 1 is 0.615 bits per heavy atom. The second-order valence-electron chi connectivity index (χ2n) is 11.6. The largest absolute Gasteiger partial charge is 0.289 e. The molecule has 4 aromatic carbocycles. The molecule has 0 saturated heterocycles. The second kappa shape index (κ2) is 13.5. The van der Waals surface area contributed by atoms with Crippen LogP contribution in [-0.2, 0) is 5.41 Å². The molecule has 0 atom stereocenters. The third-order valence-electron chi connectivity index (χ3n) is 8.87. The molecule has 0 bridgehead atoms. The molecule has 13 nitrogen and oxygen atoms in total. The van der Waals surface area contributed by atoms with E-state index in [4.69, 9.17) is 0 Å². The zero-order valence-corrected chi connectivity index (χ0v) is 27.6. The normalized spacial score (nSPS) is 13.4. The molecule has 8 rings (SSSR count). The SMILES string of the molecule is C=N/C=N\C(=N/C)c1cc(-c2ncncn2)cc(C2(c3cc(-c4ncncn4)cc(-c4ncncn4)c3)c3ccccc3C(=O)c3ccccc32)c1. The van der Waals surface area contributed by atoms with Crippen molar-refractivity contribution in [1.82, 2.24) is 44.9 Å². The van der Waals surface area contributed by atoms with Crippen LogP contribution in [0.3, 0.4) is 0 Å². The minimum Gasteiger partial charge on any atom is -0.289 e. The fraction of sp³-hybridized carbons (Fsp3) is 0.0513. The summed E-state index contributed by atoms with van der Waals surface area (Å²) in [5.74, 6) is 1.65. The minimum absolute atomic E-state index is 0.0838. The molecule has 52 heavy (non-hydrogen) atoms. The molecule has 0 unspecified atom stereocenters. The zero-order chi connectivity index (χ0) is 35.5. The van der Waals surface area contributed by atoms with Crippen LogP contribution in [0.1, 0.15) is 43.7 Å². The molecule has 3 heterocycles. The van der Waals surface area contributed by atoms with Crippen molar-refractivity contribution in [3.05, 3.63) is 162 Å². The first-order valence-electron chi connectivity index (χ1n) is 16.0. The van der Waals surface area contributed by atoms with E-state index in [0.29, 0.717) is 56.7 Å². The molecule has 0 saturated carbocycles. The summed E-state index contributed by atoms with van der Waals surface area (Å²) in [6.45, 7) is 3.55. The van der Waals surface area contributed by atoms with Crippen molar-refractivity contribution in [2.24, 2.45) is 15.0 Å². The summed E-state index contributed by atoms with van der Waals surface area (Å²) in [4.78, 5) is 66.3. The van der Waals surface area contributed by atoms with Crippen LogP contribution in [0, 0.1) is 0 Å². The molecule has 1 aliphatic rings. The van der Waals surface area contributed by atoms with E-state index in [9.17, 15) is 4.79 Å². The Bertz CT molecular complexity index is 2420. The number of carbonyl (C=O) groups is 1. The smallest absolute Gasteiger partial charge is 0.193 e. The molecule has 0 N–H and O–H groups in total. The highest BCUT2D eigenvalue weighted by molar-refractivity contribution is 6.14. The number of benzene rings is 4. The number of fused-ring (bicyclic) bond motifs is 2. The molecule has 248 valence electrons. The van der Waals surface area contributed by atoms with Crippen molar-refractivity contribution in [2.45, 2.75) is 5.41 Å². The van der Waals surface area contributed by atoms with Gasteiger partial charge in [-0.1, -0.05) is 48.5 Å². The highest BCUT2D eigenvalue weighted by Crippen LogP contribution is 2.52. The van der Waals surface area contributed by atoms with Gasteiger partial charge in [-0.3, -0.25) is 14.8 Å². The van der Waals surface area contributed by atoms with Gasteiger partial charge in [0.25, 0.3) is 0 Å². The van der Waals surface area contributed by atoms with Crippen molar-refractivity contribution in [2.75, 3.05) is 7.05 Å². The van der Waals surface area contributed by atoms with Crippen LogP contribution >= 0.6 is 0 Å². The standard InChI is InChI=1S/C39H26N12O/c1-40-17-45-35(41-2)24-11-25(36-46-18-42-19-47-36)14-28(13-24)39(32-9-5-3-7-30(32)34(52)31-8-4-6-10-33(31)39)29-15-26(37-48-20-43-21-49-37)12-27(16-29)38-50-22-44-23-51-38/h3-23H,1H2,2H3/b41-35-,45-17-. The monoisotopic (exact) mass is 678 g/mol. The second-order valence-corrected chi connectivity index (χ2v) is 11.6. The fourth-order valence-corrected chi connectivity index (χ4v) is 6.82. The summed E-state index contributed by atoms with van der Waals surface area (Å²) >= 11 is 0. The van der Waals surface area contributed by atoms with E-state index in [1.54, 1.807) is 7.05 Å². The molecule has 13 heteroatoms. The van der Waals surface area contributed by atoms with Gasteiger partial charge in [0.2, 0.25) is 0 Å². The van der Waals surface area contributed by atoms with Gasteiger partial charge in [0, 0.05) is 40.4 Å². The van der Waals surface area contributed by atoms with Crippen LogP contribution in [0.4, 0.5) is 0 Å². The molecule has 3 aromatic heterocycles. The molecule has 0 amide bonds. The number of hydrogen-bond donors (Lipinski definition) is 0. The molecule has 0 spiro atoms. The van der Waals surface area contributed by atoms with Gasteiger partial charge in [-0.2, -0.15) is 0 Å². The maximum atomic E-state index is 14.3. The highest BCUT2D eigenvalue weighted by atomic mass is 16.1. The molecule has 0 fully saturated rings. The van der Waals surface area contributed by atoms with Gasteiger partial charge in [-0.25, -0.2) is 49.8 Å². The lowest BCUT2D eigenvalue weighted by molar-refractivity contribution is 0.103. The van der Waals surface area contributed by atoms with Gasteiger partial charge in [0.15, 0.2) is 29.1 Å². The third-order valence-corrected chi connectivity index (χ3v) is 8.87. The van der Waals surface area contributed by atoms with Crippen molar-refractivity contribution in [1.29, 1.82) is 0 Å². The zero-order valence-electron chi connectivity index (χ0n) is 27.6. The quantitative estimate of drug-likeness (QED) is 0.160. The number of aliphatic imine (C=N–C) groups is 3. The molecule has 0 aliphatic heterocycles. The van der Waals surface area contributed by atoms with Crippen LogP contribution in [0.2, 0.25) is 0 Å². The van der Waals surface area contributed by atoms with Gasteiger partial charge >= 0.3 is 0 Å². The van der Waals surface area contributed by atoms with Gasteiger partial charge < -0.3 is 0 Å². The Labute approximate surface area is 297 Å². The lowest BCUT2D eigenvalue weighted by Crippen LogP contribution is -2.38. The lowest BCUT2D eigenvalue weighted by atomic mass is 9.59. The van der Waals surface area contributed by atoms with Crippen LogP contribution in [-0.4, -0.2) is 76.6 Å². The van der Waals surface area contributed by atoms with E-state index in [2.05, 4.69) is 66.6 Å². The van der Waals surface area contributed by atoms with E-state index in [0.717, 1.165) is 22.3 Å². The van der Waals surface area contributed by atoms with Crippen LogP contribution in [0.25, 0.3) is 34.2 Å². The summed E-state index contributed by atoms with van der Waals surface area (Å²) < 4.78 is 0. The van der Waals surface area contributed by atoms with E-state index in [1.165, 1.54) is 44.3 Å². The van der Waals surface area contributed by atoms with Crippen molar-refractivity contribution in [3.8, 4) is 34.2 Å². The van der Waals surface area contributed by atoms with E-state index in [-0.39, 0.29) is 5.78 Å². The van der Waals surface area contributed by atoms with Gasteiger partial charge in [-0.05, 0) is 65.4 Å². The Kier molecular flexibility index (Phi) is 8.25. The van der Waals surface area contributed by atoms with Gasteiger partial charge in [0.1, 0.15) is 44.3 Å². The van der Waals surface area contributed by atoms with Crippen molar-refractivity contribution >= 4 is 24.7 Å². The Hall–Kier alpha value is -7.41. The lowest BCUT2D eigenvalue weighted by Gasteiger charge is -2.42. The number of amidine groups is 1. The molecular formula is C39H26N12O. The number of aromatic nitrogens is 9. The van der Waals surface area contributed by atoms with Crippen LogP contribution in [0.5, 0.6) is 0 Å². The molecular weight excluding hydrogens is 653 g/mol. The number of rotatable bonds is 7. The first-order chi connectivity index (χ1) is 25.6. The summed E-state index contributed by atoms with van der Waals surface area (Å²) in [6.07, 6.45) is 10.0.